The quantitative estimate of drug-likeness (QED) is 0.425. The van der Waals surface area contributed by atoms with Crippen molar-refractivity contribution < 1.29 is 24.0 Å². The lowest BCUT2D eigenvalue weighted by molar-refractivity contribution is -0.385. The van der Waals surface area contributed by atoms with Gasteiger partial charge in [-0.15, -0.1) is 0 Å². The predicted molar refractivity (Wildman–Crippen MR) is 107 cm³/mol. The van der Waals surface area contributed by atoms with E-state index in [1.54, 1.807) is 38.1 Å². The average molecular weight is 412 g/mol. The summed E-state index contributed by atoms with van der Waals surface area (Å²) in [5, 5.41) is 16.1. The first-order chi connectivity index (χ1) is 14.2. The number of rotatable bonds is 6. The van der Waals surface area contributed by atoms with Crippen LogP contribution in [0.4, 0.5) is 16.2 Å². The number of benzene rings is 2. The molecule has 1 saturated heterocycles. The molecule has 2 N–H and O–H groups in total. The fourth-order valence-corrected chi connectivity index (χ4v) is 3.19. The summed E-state index contributed by atoms with van der Waals surface area (Å²) in [6.07, 6.45) is 0. The van der Waals surface area contributed by atoms with E-state index in [9.17, 15) is 24.5 Å². The number of anilines is 1. The van der Waals surface area contributed by atoms with Crippen LogP contribution in [-0.4, -0.2) is 41.3 Å². The summed E-state index contributed by atoms with van der Waals surface area (Å²) in [4.78, 5) is 49.0. The fraction of sp³-hybridized carbons (Fsp3) is 0.250. The van der Waals surface area contributed by atoms with Crippen molar-refractivity contribution in [2.75, 3.05) is 19.0 Å². The first-order valence-electron chi connectivity index (χ1n) is 8.99. The Labute approximate surface area is 172 Å². The van der Waals surface area contributed by atoms with Gasteiger partial charge in [0, 0.05) is 17.3 Å². The third-order valence-electron chi connectivity index (χ3n) is 4.93. The monoisotopic (exact) mass is 412 g/mol. The number of nitrogens with zero attached hydrogens (tertiary/aromatic N) is 2. The van der Waals surface area contributed by atoms with Crippen LogP contribution in [0.15, 0.2) is 42.5 Å². The number of imide groups is 1. The number of aryl methyl sites for hydroxylation is 1. The van der Waals surface area contributed by atoms with Gasteiger partial charge in [0.15, 0.2) is 0 Å². The fourth-order valence-electron chi connectivity index (χ4n) is 3.19. The minimum atomic E-state index is -1.33. The average Bonchev–Trinajstić information content (AvgIpc) is 2.93. The Bertz CT molecular complexity index is 1040. The van der Waals surface area contributed by atoms with Crippen LogP contribution in [0.3, 0.4) is 0 Å². The molecule has 0 saturated carbocycles. The van der Waals surface area contributed by atoms with Crippen molar-refractivity contribution in [1.82, 2.24) is 10.2 Å². The minimum Gasteiger partial charge on any atom is -0.497 e. The molecule has 0 radical (unpaired) electrons. The van der Waals surface area contributed by atoms with Crippen molar-refractivity contribution >= 4 is 29.2 Å². The molecule has 0 bridgehead atoms. The smallest absolute Gasteiger partial charge is 0.325 e. The van der Waals surface area contributed by atoms with Crippen LogP contribution in [0.1, 0.15) is 18.1 Å². The number of carbonyl (C=O) groups is 3. The summed E-state index contributed by atoms with van der Waals surface area (Å²) < 4.78 is 5.10. The maximum Gasteiger partial charge on any atom is 0.325 e. The van der Waals surface area contributed by atoms with Crippen molar-refractivity contribution in [3.63, 3.8) is 0 Å². The van der Waals surface area contributed by atoms with E-state index in [2.05, 4.69) is 10.6 Å². The van der Waals surface area contributed by atoms with Crippen LogP contribution in [0.2, 0.25) is 0 Å². The molecule has 10 nitrogen and oxygen atoms in total. The van der Waals surface area contributed by atoms with Gasteiger partial charge in [0.05, 0.1) is 12.0 Å². The van der Waals surface area contributed by atoms with Crippen LogP contribution in [0, 0.1) is 17.0 Å². The number of urea groups is 1. The molecule has 1 aliphatic heterocycles. The number of amides is 4. The summed E-state index contributed by atoms with van der Waals surface area (Å²) >= 11 is 0. The Morgan fingerprint density at radius 1 is 1.23 bits per heavy atom. The lowest BCUT2D eigenvalue weighted by atomic mass is 9.92. The SMILES string of the molecule is COc1ccc(C2(C)NC(=O)N(CC(=O)Nc3ccc(C)c([N+](=O)[O-])c3)C2=O)cc1. The van der Waals surface area contributed by atoms with Gasteiger partial charge >= 0.3 is 6.03 Å². The largest absolute Gasteiger partial charge is 0.497 e. The van der Waals surface area contributed by atoms with Crippen LogP contribution < -0.4 is 15.4 Å². The maximum atomic E-state index is 12.9. The Balaban J connectivity index is 1.74. The normalized spacial score (nSPS) is 18.2. The van der Waals surface area contributed by atoms with E-state index >= 15 is 0 Å². The van der Waals surface area contributed by atoms with Crippen molar-refractivity contribution in [3.05, 3.63) is 63.7 Å². The second-order valence-electron chi connectivity index (χ2n) is 6.98. The van der Waals surface area contributed by atoms with Crippen molar-refractivity contribution in [1.29, 1.82) is 0 Å². The molecule has 10 heteroatoms. The molecule has 0 aromatic heterocycles. The predicted octanol–water partition coefficient (Wildman–Crippen LogP) is 2.32. The van der Waals surface area contributed by atoms with Gasteiger partial charge in [0.2, 0.25) is 5.91 Å². The number of carbonyl (C=O) groups excluding carboxylic acids is 3. The van der Waals surface area contributed by atoms with E-state index in [1.807, 2.05) is 0 Å². The molecule has 1 fully saturated rings. The third kappa shape index (κ3) is 3.79. The Kier molecular flexibility index (Phi) is 5.41. The highest BCUT2D eigenvalue weighted by atomic mass is 16.6. The highest BCUT2D eigenvalue weighted by Gasteiger charge is 2.49. The molecule has 1 atom stereocenters. The Morgan fingerprint density at radius 3 is 2.50 bits per heavy atom. The Morgan fingerprint density at radius 2 is 1.90 bits per heavy atom. The van der Waals surface area contributed by atoms with E-state index in [4.69, 9.17) is 4.74 Å². The van der Waals surface area contributed by atoms with Crippen LogP contribution in [0.5, 0.6) is 5.75 Å². The van der Waals surface area contributed by atoms with Crippen LogP contribution >= 0.6 is 0 Å². The highest BCUT2D eigenvalue weighted by Crippen LogP contribution is 2.30. The van der Waals surface area contributed by atoms with E-state index in [1.165, 1.54) is 25.3 Å². The molecule has 2 aromatic carbocycles. The molecule has 4 amide bonds. The highest BCUT2D eigenvalue weighted by molar-refractivity contribution is 6.10. The molecule has 3 rings (SSSR count). The minimum absolute atomic E-state index is 0.144. The first-order valence-corrected chi connectivity index (χ1v) is 8.99. The number of hydrogen-bond donors (Lipinski definition) is 2. The van der Waals surface area contributed by atoms with Gasteiger partial charge in [-0.3, -0.25) is 24.6 Å². The molecule has 1 heterocycles. The third-order valence-corrected chi connectivity index (χ3v) is 4.93. The maximum absolute atomic E-state index is 12.9. The molecule has 156 valence electrons. The summed E-state index contributed by atoms with van der Waals surface area (Å²) in [5.74, 6) is -0.638. The molecule has 1 unspecified atom stereocenters. The number of methoxy groups -OCH3 is 1. The molecule has 1 aliphatic rings. The van der Waals surface area contributed by atoms with Gasteiger partial charge in [0.1, 0.15) is 17.8 Å². The molecular formula is C20H20N4O6. The zero-order valence-corrected chi connectivity index (χ0v) is 16.6. The second-order valence-corrected chi connectivity index (χ2v) is 6.98. The Hall–Kier alpha value is -3.95. The standard InChI is InChI=1S/C20H20N4O6/c1-12-4-7-14(10-16(12)24(28)29)21-17(25)11-23-18(26)20(2,22-19(23)27)13-5-8-15(30-3)9-6-13/h4-10H,11H2,1-3H3,(H,21,25)(H,22,27). The zero-order valence-electron chi connectivity index (χ0n) is 16.6. The summed E-state index contributed by atoms with van der Waals surface area (Å²) in [6.45, 7) is 2.60. The van der Waals surface area contributed by atoms with Crippen molar-refractivity contribution in [3.8, 4) is 5.75 Å². The number of nitro benzene ring substituents is 1. The van der Waals surface area contributed by atoms with E-state index in [0.29, 0.717) is 16.9 Å². The zero-order chi connectivity index (χ0) is 22.1. The first kappa shape index (κ1) is 20.8. The number of nitro groups is 1. The molecular weight excluding hydrogens is 392 g/mol. The molecule has 0 aliphatic carbocycles. The van der Waals surface area contributed by atoms with Gasteiger partial charge in [0.25, 0.3) is 11.6 Å². The van der Waals surface area contributed by atoms with Crippen molar-refractivity contribution in [2.24, 2.45) is 0 Å². The number of ether oxygens (including phenoxy) is 1. The lowest BCUT2D eigenvalue weighted by Gasteiger charge is -2.22. The lowest BCUT2D eigenvalue weighted by Crippen LogP contribution is -2.42. The molecule has 2 aromatic rings. The van der Waals surface area contributed by atoms with E-state index in [-0.39, 0.29) is 11.4 Å². The molecule has 0 spiro atoms. The van der Waals surface area contributed by atoms with Gasteiger partial charge in [-0.05, 0) is 37.6 Å². The van der Waals surface area contributed by atoms with Gasteiger partial charge in [-0.25, -0.2) is 4.79 Å². The summed E-state index contributed by atoms with van der Waals surface area (Å²) in [5.41, 5.74) is -0.287. The van der Waals surface area contributed by atoms with Crippen LogP contribution in [-0.2, 0) is 15.1 Å². The van der Waals surface area contributed by atoms with Crippen LogP contribution in [0.25, 0.3) is 0 Å². The topological polar surface area (TPSA) is 131 Å². The van der Waals surface area contributed by atoms with Gasteiger partial charge in [-0.2, -0.15) is 0 Å². The van der Waals surface area contributed by atoms with E-state index in [0.717, 1.165) is 4.90 Å². The second kappa shape index (κ2) is 7.82. The van der Waals surface area contributed by atoms with Gasteiger partial charge in [-0.1, -0.05) is 18.2 Å². The number of nitrogens with one attached hydrogen (secondary N) is 2. The van der Waals surface area contributed by atoms with Crippen molar-refractivity contribution in [2.45, 2.75) is 19.4 Å². The van der Waals surface area contributed by atoms with E-state index < -0.39 is 34.9 Å². The summed E-state index contributed by atoms with van der Waals surface area (Å²) in [7, 11) is 1.52. The summed E-state index contributed by atoms with van der Waals surface area (Å²) in [6, 6.07) is 10.2. The molecule has 30 heavy (non-hydrogen) atoms. The number of hydrogen-bond acceptors (Lipinski definition) is 6. The van der Waals surface area contributed by atoms with Gasteiger partial charge < -0.3 is 15.4 Å².